The van der Waals surface area contributed by atoms with E-state index in [0.29, 0.717) is 12.8 Å². The molecule has 0 aliphatic carbocycles. The summed E-state index contributed by atoms with van der Waals surface area (Å²) in [5.74, 6) is 4.85. The van der Waals surface area contributed by atoms with Crippen molar-refractivity contribution in [2.24, 2.45) is 11.3 Å². The van der Waals surface area contributed by atoms with E-state index >= 15 is 0 Å². The van der Waals surface area contributed by atoms with Crippen LogP contribution in [0.5, 0.6) is 0 Å². The van der Waals surface area contributed by atoms with Crippen molar-refractivity contribution in [3.05, 3.63) is 34.3 Å². The molecule has 2 nitrogen and oxygen atoms in total. The normalized spacial score (nSPS) is 12.4. The van der Waals surface area contributed by atoms with Crippen LogP contribution >= 0.6 is 15.9 Å². The molecule has 1 atom stereocenters. The van der Waals surface area contributed by atoms with Crippen LogP contribution in [0, 0.1) is 23.2 Å². The highest BCUT2D eigenvalue weighted by Gasteiger charge is 2.17. The molecule has 102 valence electrons. The summed E-state index contributed by atoms with van der Waals surface area (Å²) in [4.78, 5) is 11.2. The first-order valence-electron chi connectivity index (χ1n) is 6.25. The predicted molar refractivity (Wildman–Crippen MR) is 80.8 cm³/mol. The summed E-state index contributed by atoms with van der Waals surface area (Å²) >= 11 is 3.37. The van der Waals surface area contributed by atoms with Gasteiger partial charge < -0.3 is 5.11 Å². The van der Waals surface area contributed by atoms with Crippen LogP contribution in [0.1, 0.15) is 32.8 Å². The van der Waals surface area contributed by atoms with Crippen LogP contribution in [0.25, 0.3) is 0 Å². The molecular weight excluding hydrogens is 304 g/mol. The fourth-order valence-electron chi connectivity index (χ4n) is 1.59. The molecule has 0 bridgehead atoms. The number of hydrogen-bond acceptors (Lipinski definition) is 1. The van der Waals surface area contributed by atoms with E-state index in [2.05, 4.69) is 27.8 Å². The smallest absolute Gasteiger partial charge is 0.307 e. The van der Waals surface area contributed by atoms with Crippen LogP contribution in [0.3, 0.4) is 0 Å². The van der Waals surface area contributed by atoms with E-state index in [4.69, 9.17) is 0 Å². The molecule has 1 aromatic rings. The van der Waals surface area contributed by atoms with Crippen molar-refractivity contribution in [1.82, 2.24) is 0 Å². The number of carboxylic acid groups (broad SMARTS) is 1. The Balaban J connectivity index is 2.70. The van der Waals surface area contributed by atoms with E-state index in [-0.39, 0.29) is 5.41 Å². The fraction of sp³-hybridized carbons (Fsp3) is 0.438. The molecule has 0 aliphatic rings. The van der Waals surface area contributed by atoms with E-state index in [0.717, 1.165) is 10.0 Å². The number of carbonyl (C=O) groups is 1. The topological polar surface area (TPSA) is 37.3 Å². The van der Waals surface area contributed by atoms with Crippen molar-refractivity contribution in [3.63, 3.8) is 0 Å². The van der Waals surface area contributed by atoms with Gasteiger partial charge in [0.15, 0.2) is 0 Å². The van der Waals surface area contributed by atoms with Crippen molar-refractivity contribution in [1.29, 1.82) is 0 Å². The van der Waals surface area contributed by atoms with E-state index in [9.17, 15) is 9.90 Å². The van der Waals surface area contributed by atoms with Crippen molar-refractivity contribution < 1.29 is 9.90 Å². The Bertz CT molecular complexity index is 486. The molecule has 0 aromatic heterocycles. The Labute approximate surface area is 123 Å². The summed E-state index contributed by atoms with van der Waals surface area (Å²) in [7, 11) is 0. The van der Waals surface area contributed by atoms with Gasteiger partial charge in [0.2, 0.25) is 0 Å². The molecule has 0 heterocycles. The fourth-order valence-corrected chi connectivity index (χ4v) is 1.86. The monoisotopic (exact) mass is 322 g/mol. The highest BCUT2D eigenvalue weighted by atomic mass is 79.9. The van der Waals surface area contributed by atoms with Crippen LogP contribution in [0.4, 0.5) is 0 Å². The summed E-state index contributed by atoms with van der Waals surface area (Å²) in [6.07, 6.45) is 0.907. The Kier molecular flexibility index (Phi) is 5.62. The highest BCUT2D eigenvalue weighted by molar-refractivity contribution is 9.10. The first-order valence-corrected chi connectivity index (χ1v) is 7.04. The molecule has 0 amide bonds. The first kappa shape index (κ1) is 15.8. The van der Waals surface area contributed by atoms with Gasteiger partial charge in [-0.2, -0.15) is 0 Å². The van der Waals surface area contributed by atoms with Crippen LogP contribution in [-0.4, -0.2) is 11.1 Å². The number of rotatable bonds is 4. The Morgan fingerprint density at radius 2 is 1.89 bits per heavy atom. The second-order valence-electron chi connectivity index (χ2n) is 5.62. The number of aliphatic carboxylic acids is 1. The number of halogens is 1. The third kappa shape index (κ3) is 6.45. The minimum absolute atomic E-state index is 0.0827. The molecule has 0 aliphatic heterocycles. The maximum atomic E-state index is 11.2. The molecule has 1 rings (SSSR count). The van der Waals surface area contributed by atoms with Crippen molar-refractivity contribution in [2.45, 2.75) is 33.6 Å². The summed E-state index contributed by atoms with van der Waals surface area (Å²) < 4.78 is 0.996. The van der Waals surface area contributed by atoms with Crippen molar-refractivity contribution >= 4 is 21.9 Å². The number of carboxylic acids is 1. The Morgan fingerprint density at radius 3 is 2.37 bits per heavy atom. The molecule has 1 unspecified atom stereocenters. The lowest BCUT2D eigenvalue weighted by atomic mass is 9.94. The van der Waals surface area contributed by atoms with E-state index < -0.39 is 11.9 Å². The average Bonchev–Trinajstić information content (AvgIpc) is 2.28. The second kappa shape index (κ2) is 6.77. The maximum absolute atomic E-state index is 11.2. The Hall–Kier alpha value is -1.27. The molecule has 0 saturated carbocycles. The summed E-state index contributed by atoms with van der Waals surface area (Å²) in [5.41, 5.74) is 0.939. The molecule has 0 saturated heterocycles. The zero-order valence-corrected chi connectivity index (χ0v) is 13.1. The molecule has 3 heteroatoms. The van der Waals surface area contributed by atoms with Gasteiger partial charge in [-0.05, 0) is 44.9 Å². The first-order chi connectivity index (χ1) is 8.78. The number of benzene rings is 1. The summed E-state index contributed by atoms with van der Waals surface area (Å²) in [6.45, 7) is 6.06. The lowest BCUT2D eigenvalue weighted by Gasteiger charge is -2.10. The summed E-state index contributed by atoms with van der Waals surface area (Å²) in [6, 6.07) is 7.73. The van der Waals surface area contributed by atoms with Gasteiger partial charge in [-0.15, -0.1) is 5.92 Å². The van der Waals surface area contributed by atoms with Crippen molar-refractivity contribution in [2.75, 3.05) is 0 Å². The molecule has 1 aromatic carbocycles. The predicted octanol–water partition coefficient (Wildman–Crippen LogP) is 4.13. The van der Waals surface area contributed by atoms with Crippen molar-refractivity contribution in [3.8, 4) is 11.8 Å². The third-order valence-electron chi connectivity index (χ3n) is 2.56. The SMILES string of the molecule is CC(C)(C)C#CCC(Cc1ccc(Br)cc1)C(=O)O. The standard InChI is InChI=1S/C16H19BrO2/c1-16(2,3)10-4-5-13(15(18)19)11-12-6-8-14(17)9-7-12/h6-9,13H,5,11H2,1-3H3,(H,18,19). The van der Waals surface area contributed by atoms with Gasteiger partial charge in [-0.25, -0.2) is 0 Å². The molecular formula is C16H19BrO2. The summed E-state index contributed by atoms with van der Waals surface area (Å²) in [5, 5.41) is 9.24. The molecule has 0 fully saturated rings. The lowest BCUT2D eigenvalue weighted by Crippen LogP contribution is -2.16. The van der Waals surface area contributed by atoms with Crippen LogP contribution in [0.15, 0.2) is 28.7 Å². The third-order valence-corrected chi connectivity index (χ3v) is 3.09. The minimum Gasteiger partial charge on any atom is -0.481 e. The quantitative estimate of drug-likeness (QED) is 0.846. The Morgan fingerprint density at radius 1 is 1.32 bits per heavy atom. The van der Waals surface area contributed by atoms with Gasteiger partial charge in [-0.1, -0.05) is 34.0 Å². The van der Waals surface area contributed by atoms with E-state index in [1.807, 2.05) is 45.0 Å². The van der Waals surface area contributed by atoms with Gasteiger partial charge in [0.25, 0.3) is 0 Å². The van der Waals surface area contributed by atoms with Gasteiger partial charge in [0, 0.05) is 16.3 Å². The lowest BCUT2D eigenvalue weighted by molar-refractivity contribution is -0.141. The maximum Gasteiger partial charge on any atom is 0.307 e. The molecule has 1 N–H and O–H groups in total. The van der Waals surface area contributed by atoms with Crippen LogP contribution < -0.4 is 0 Å². The van der Waals surface area contributed by atoms with Crippen LogP contribution in [0.2, 0.25) is 0 Å². The van der Waals surface area contributed by atoms with Gasteiger partial charge >= 0.3 is 5.97 Å². The molecule has 0 radical (unpaired) electrons. The number of hydrogen-bond donors (Lipinski definition) is 1. The zero-order valence-electron chi connectivity index (χ0n) is 11.5. The van der Waals surface area contributed by atoms with Gasteiger partial charge in [-0.3, -0.25) is 4.79 Å². The molecule has 19 heavy (non-hydrogen) atoms. The van der Waals surface area contributed by atoms with E-state index in [1.165, 1.54) is 0 Å². The second-order valence-corrected chi connectivity index (χ2v) is 6.54. The van der Waals surface area contributed by atoms with Gasteiger partial charge in [0.1, 0.15) is 0 Å². The largest absolute Gasteiger partial charge is 0.481 e. The highest BCUT2D eigenvalue weighted by Crippen LogP contribution is 2.17. The van der Waals surface area contributed by atoms with E-state index in [1.54, 1.807) is 0 Å². The van der Waals surface area contributed by atoms with Gasteiger partial charge in [0.05, 0.1) is 5.92 Å². The minimum atomic E-state index is -0.786. The average molecular weight is 323 g/mol. The zero-order chi connectivity index (χ0) is 14.5. The van der Waals surface area contributed by atoms with Crippen LogP contribution in [-0.2, 0) is 11.2 Å². The molecule has 0 spiro atoms.